The van der Waals surface area contributed by atoms with Crippen LogP contribution in [0.2, 0.25) is 0 Å². The van der Waals surface area contributed by atoms with Crippen LogP contribution >= 0.6 is 17.0 Å². The average molecular weight is 929 g/mol. The van der Waals surface area contributed by atoms with E-state index < -0.39 is 13.7 Å². The van der Waals surface area contributed by atoms with Gasteiger partial charge in [0.15, 0.2) is 0 Å². The van der Waals surface area contributed by atoms with Crippen LogP contribution in [0.15, 0.2) is 48.5 Å². The van der Waals surface area contributed by atoms with E-state index in [2.05, 4.69) is 145 Å². The predicted molar refractivity (Wildman–Crippen MR) is 278 cm³/mol. The number of benzene rings is 2. The van der Waals surface area contributed by atoms with Gasteiger partial charge in [-0.25, -0.2) is 0 Å². The van der Waals surface area contributed by atoms with Crippen LogP contribution in [0.3, 0.4) is 0 Å². The molecule has 2 heterocycles. The highest BCUT2D eigenvalue weighted by Gasteiger charge is 2.41. The van der Waals surface area contributed by atoms with E-state index in [4.69, 9.17) is 37.8 Å². The Kier molecular flexibility index (Phi) is 35.6. The molecular weight excluding hydrogens is 827 g/mol. The molecule has 8 nitrogen and oxygen atoms in total. The zero-order valence-corrected chi connectivity index (χ0v) is 47.1. The molecular formula is C53H102O8P2. The second kappa shape index (κ2) is 34.0. The fraction of sp³-hybridized carbons (Fsp3) is 0.774. The predicted octanol–water partition coefficient (Wildman–Crippen LogP) is 16.0. The van der Waals surface area contributed by atoms with Crippen molar-refractivity contribution in [2.45, 2.75) is 199 Å². The summed E-state index contributed by atoms with van der Waals surface area (Å²) in [6.07, 6.45) is 4.34. The lowest BCUT2D eigenvalue weighted by Crippen LogP contribution is -2.47. The fourth-order valence-electron chi connectivity index (χ4n) is 6.11. The summed E-state index contributed by atoms with van der Waals surface area (Å²) >= 11 is 0. The lowest BCUT2D eigenvalue weighted by atomic mass is 9.78. The monoisotopic (exact) mass is 929 g/mol. The van der Waals surface area contributed by atoms with Gasteiger partial charge in [-0.15, -0.1) is 0 Å². The zero-order chi connectivity index (χ0) is 49.6. The van der Waals surface area contributed by atoms with E-state index in [-0.39, 0.29) is 26.9 Å². The molecule has 2 aromatic carbocycles. The quantitative estimate of drug-likeness (QED) is 0.124. The maximum atomic E-state index is 7.00. The van der Waals surface area contributed by atoms with Crippen LogP contribution in [0.1, 0.15) is 189 Å². The Bertz CT molecular complexity index is 1350. The van der Waals surface area contributed by atoms with E-state index in [1.165, 1.54) is 17.5 Å². The number of hydrogen-bond acceptors (Lipinski definition) is 8. The van der Waals surface area contributed by atoms with Crippen LogP contribution in [0.5, 0.6) is 11.5 Å². The number of rotatable bonds is 21. The highest BCUT2D eigenvalue weighted by molar-refractivity contribution is 7.49. The summed E-state index contributed by atoms with van der Waals surface area (Å²) in [6, 6.07) is 17.0. The molecule has 63 heavy (non-hydrogen) atoms. The molecule has 0 aromatic heterocycles. The molecule has 3 atom stereocenters. The number of ether oxygens (including phenoxy) is 5. The van der Waals surface area contributed by atoms with E-state index in [0.29, 0.717) is 27.7 Å². The maximum Gasteiger partial charge on any atom is 0.263 e. The van der Waals surface area contributed by atoms with E-state index in [9.17, 15) is 0 Å². The van der Waals surface area contributed by atoms with Crippen molar-refractivity contribution in [3.63, 3.8) is 0 Å². The van der Waals surface area contributed by atoms with Gasteiger partial charge >= 0.3 is 0 Å². The number of hydrogen-bond donors (Lipinski definition) is 1. The van der Waals surface area contributed by atoms with E-state index >= 15 is 0 Å². The van der Waals surface area contributed by atoms with Crippen molar-refractivity contribution in [3.05, 3.63) is 59.7 Å². The largest absolute Gasteiger partial charge is 0.484 e. The lowest BCUT2D eigenvalue weighted by molar-refractivity contribution is -0.162. The molecule has 2 saturated heterocycles. The van der Waals surface area contributed by atoms with Gasteiger partial charge in [0.05, 0.1) is 51.6 Å². The van der Waals surface area contributed by atoms with Gasteiger partial charge in [0, 0.05) is 23.4 Å². The zero-order valence-electron chi connectivity index (χ0n) is 45.2. The highest BCUT2D eigenvalue weighted by Crippen LogP contribution is 2.53. The molecule has 4 rings (SSSR count). The summed E-state index contributed by atoms with van der Waals surface area (Å²) in [6.45, 7) is 51.7. The summed E-state index contributed by atoms with van der Waals surface area (Å²) in [5.41, 5.74) is 2.56. The third-order valence-corrected chi connectivity index (χ3v) is 13.5. The molecule has 0 amide bonds. The first-order chi connectivity index (χ1) is 29.7. The van der Waals surface area contributed by atoms with Gasteiger partial charge in [-0.05, 0) is 104 Å². The van der Waals surface area contributed by atoms with Gasteiger partial charge in [0.25, 0.3) is 8.38 Å². The van der Waals surface area contributed by atoms with Gasteiger partial charge < -0.3 is 37.8 Å². The molecule has 2 fully saturated rings. The summed E-state index contributed by atoms with van der Waals surface area (Å²) in [7, 11) is 0.108. The molecule has 0 spiro atoms. The Morgan fingerprint density at radius 2 is 1.13 bits per heavy atom. The first-order valence-corrected chi connectivity index (χ1v) is 26.6. The molecule has 0 saturated carbocycles. The maximum absolute atomic E-state index is 7.00. The topological polar surface area (TPSA) is 84.8 Å². The van der Waals surface area contributed by atoms with Crippen molar-refractivity contribution in [1.82, 2.24) is 0 Å². The number of aliphatic hydroxyl groups excluding tert-OH is 1. The molecule has 372 valence electrons. The molecule has 10 heteroatoms. The van der Waals surface area contributed by atoms with Crippen LogP contribution < -0.4 is 9.26 Å². The first kappa shape index (κ1) is 65.9. The molecule has 0 aliphatic carbocycles. The summed E-state index contributed by atoms with van der Waals surface area (Å²) < 4.78 is 43.4. The number of aliphatic hydroxyl groups is 1. The van der Waals surface area contributed by atoms with Crippen molar-refractivity contribution in [2.24, 2.45) is 16.7 Å². The Hall–Kier alpha value is -1.34. The van der Waals surface area contributed by atoms with Gasteiger partial charge in [-0.2, -0.15) is 0 Å². The van der Waals surface area contributed by atoms with Crippen molar-refractivity contribution in [2.75, 3.05) is 53.4 Å². The normalized spacial score (nSPS) is 15.9. The van der Waals surface area contributed by atoms with Crippen LogP contribution in [-0.4, -0.2) is 74.5 Å². The molecule has 3 unspecified atom stereocenters. The van der Waals surface area contributed by atoms with Crippen molar-refractivity contribution in [1.29, 1.82) is 0 Å². The third-order valence-electron chi connectivity index (χ3n) is 10.3. The highest BCUT2D eigenvalue weighted by atomic mass is 31.2. The van der Waals surface area contributed by atoms with E-state index in [0.717, 1.165) is 70.9 Å². The third kappa shape index (κ3) is 24.3. The Morgan fingerprint density at radius 1 is 0.683 bits per heavy atom. The molecule has 2 aliphatic rings. The minimum absolute atomic E-state index is 0.170. The summed E-state index contributed by atoms with van der Waals surface area (Å²) in [5, 5.41) is 5.79. The lowest BCUT2D eigenvalue weighted by Gasteiger charge is -2.43. The summed E-state index contributed by atoms with van der Waals surface area (Å²) in [5.74, 6) is 2.13. The van der Waals surface area contributed by atoms with Gasteiger partial charge in [-0.3, -0.25) is 0 Å². The Morgan fingerprint density at radius 3 is 1.51 bits per heavy atom. The van der Waals surface area contributed by atoms with Crippen molar-refractivity contribution in [3.8, 4) is 11.5 Å². The molecule has 2 aromatic rings. The smallest absolute Gasteiger partial charge is 0.263 e. The van der Waals surface area contributed by atoms with Crippen LogP contribution in [0, 0.1) is 16.7 Å². The van der Waals surface area contributed by atoms with Crippen molar-refractivity contribution >= 4 is 17.0 Å². The minimum atomic E-state index is -1.35. The Labute approximate surface area is 394 Å². The van der Waals surface area contributed by atoms with Gasteiger partial charge in [0.1, 0.15) is 22.2 Å². The van der Waals surface area contributed by atoms with E-state index in [1.807, 2.05) is 55.4 Å². The van der Waals surface area contributed by atoms with Crippen LogP contribution in [-0.2, 0) is 28.9 Å². The molecule has 1 N–H and O–H groups in total. The van der Waals surface area contributed by atoms with E-state index in [1.54, 1.807) is 0 Å². The molecule has 0 radical (unpaired) electrons. The summed E-state index contributed by atoms with van der Waals surface area (Å²) in [4.78, 5) is 0. The van der Waals surface area contributed by atoms with Gasteiger partial charge in [0.2, 0.25) is 0 Å². The van der Waals surface area contributed by atoms with Crippen LogP contribution in [0.25, 0.3) is 0 Å². The first-order valence-electron chi connectivity index (χ1n) is 24.4. The second-order valence-electron chi connectivity index (χ2n) is 17.8. The standard InChI is InChI=1S/C41H66O7P2.C3H8.4C2H6.CH4O/c1-13-31(3)25-44-39(10,11)50(46-24-23-40(12)26-42-27-40)48-35-21-17-33(18-22-35)36(4,5)32-15-19-34(20-16-32)47-38(8,9)49-37(6,7)45-30-41(14-2)28-43-29-41;1-3-2;5*1-2/h15-22,31,49H,13-14,23-30H2,1-12H3;3H2,1-2H3;4*1-2H3;2H,1H3. The molecule has 0 bridgehead atoms. The molecule has 2 aliphatic heterocycles. The van der Waals surface area contributed by atoms with Gasteiger partial charge in [-0.1, -0.05) is 148 Å². The Balaban J connectivity index is -0.00000252. The van der Waals surface area contributed by atoms with Crippen molar-refractivity contribution < 1.29 is 37.8 Å². The fourth-order valence-corrected chi connectivity index (χ4v) is 9.20. The van der Waals surface area contributed by atoms with Crippen LogP contribution in [0.4, 0.5) is 0 Å². The average Bonchev–Trinajstić information content (AvgIpc) is 3.25. The SMILES string of the molecule is CC.CC.CC.CC.CCC.CCC(C)COC(C)(C)P(OCCC1(C)COC1)Oc1ccc(C(C)(C)c2ccc(OC(C)(C)PC(C)(C)OCC3(CC)COC3)cc2)cc1.CO. The minimum Gasteiger partial charge on any atom is -0.484 e. The second-order valence-corrected chi connectivity index (χ2v) is 22.5.